The molecule has 2 aromatic rings. The summed E-state index contributed by atoms with van der Waals surface area (Å²) < 4.78 is 29.5. The molecular formula is C18H22F2N5O2+. The number of carbonyl (C=O) groups excluding carboxylic acids is 1. The second kappa shape index (κ2) is 8.72. The van der Waals surface area contributed by atoms with Crippen molar-refractivity contribution in [2.45, 2.75) is 19.6 Å². The van der Waals surface area contributed by atoms with Crippen molar-refractivity contribution < 1.29 is 23.2 Å². The summed E-state index contributed by atoms with van der Waals surface area (Å²) in [5.41, 5.74) is 0.241. The van der Waals surface area contributed by atoms with Crippen LogP contribution in [-0.2, 0) is 4.79 Å². The first-order valence-corrected chi connectivity index (χ1v) is 8.76. The number of rotatable bonds is 6. The number of hydrogen-bond acceptors (Lipinski definition) is 5. The molecule has 9 heteroatoms. The van der Waals surface area contributed by atoms with Crippen LogP contribution in [0.25, 0.3) is 0 Å². The van der Waals surface area contributed by atoms with E-state index in [0.29, 0.717) is 5.95 Å². The molecule has 1 fully saturated rings. The summed E-state index contributed by atoms with van der Waals surface area (Å²) in [7, 11) is 0. The van der Waals surface area contributed by atoms with E-state index in [1.807, 2.05) is 6.92 Å². The van der Waals surface area contributed by atoms with Crippen LogP contribution in [-0.4, -0.2) is 54.7 Å². The highest BCUT2D eigenvalue weighted by atomic mass is 19.3. The lowest BCUT2D eigenvalue weighted by molar-refractivity contribution is -0.914. The third kappa shape index (κ3) is 4.88. The molecule has 1 saturated heterocycles. The van der Waals surface area contributed by atoms with E-state index < -0.39 is 6.61 Å². The Morgan fingerprint density at radius 1 is 1.19 bits per heavy atom. The molecule has 1 amide bonds. The highest BCUT2D eigenvalue weighted by Crippen LogP contribution is 2.25. The van der Waals surface area contributed by atoms with Gasteiger partial charge in [0.2, 0.25) is 5.95 Å². The second-order valence-corrected chi connectivity index (χ2v) is 6.28. The van der Waals surface area contributed by atoms with Gasteiger partial charge in [0, 0.05) is 12.4 Å². The molecule has 2 N–H and O–H groups in total. The van der Waals surface area contributed by atoms with Gasteiger partial charge in [-0.3, -0.25) is 4.79 Å². The largest absolute Gasteiger partial charge is 0.433 e. The normalized spacial score (nSPS) is 16.2. The number of nitrogens with one attached hydrogen (secondary N) is 2. The number of ether oxygens (including phenoxy) is 1. The van der Waals surface area contributed by atoms with Crippen LogP contribution in [0.2, 0.25) is 0 Å². The molecular weight excluding hydrogens is 356 g/mol. The lowest BCUT2D eigenvalue weighted by atomic mass is 10.2. The Morgan fingerprint density at radius 3 is 2.52 bits per heavy atom. The van der Waals surface area contributed by atoms with Crippen LogP contribution in [0.4, 0.5) is 20.4 Å². The second-order valence-electron chi connectivity index (χ2n) is 6.28. The van der Waals surface area contributed by atoms with Crippen LogP contribution in [0.3, 0.4) is 0 Å². The lowest BCUT2D eigenvalue weighted by Crippen LogP contribution is -3.19. The van der Waals surface area contributed by atoms with Gasteiger partial charge >= 0.3 is 6.61 Å². The molecule has 144 valence electrons. The first-order valence-electron chi connectivity index (χ1n) is 8.76. The molecule has 1 aromatic heterocycles. The van der Waals surface area contributed by atoms with Crippen LogP contribution in [0.5, 0.6) is 5.75 Å². The Balaban J connectivity index is 1.57. The van der Waals surface area contributed by atoms with Crippen molar-refractivity contribution in [3.05, 3.63) is 42.7 Å². The molecule has 0 saturated carbocycles. The van der Waals surface area contributed by atoms with Gasteiger partial charge in [-0.25, -0.2) is 9.97 Å². The van der Waals surface area contributed by atoms with Gasteiger partial charge in [-0.15, -0.1) is 0 Å². The third-order valence-electron chi connectivity index (χ3n) is 4.61. The van der Waals surface area contributed by atoms with Gasteiger partial charge in [0.15, 0.2) is 6.04 Å². The maximum absolute atomic E-state index is 12.6. The maximum atomic E-state index is 12.6. The van der Waals surface area contributed by atoms with E-state index in [9.17, 15) is 13.6 Å². The van der Waals surface area contributed by atoms with Crippen LogP contribution in [0.1, 0.15) is 6.92 Å². The fourth-order valence-electron chi connectivity index (χ4n) is 3.08. The van der Waals surface area contributed by atoms with Gasteiger partial charge in [-0.1, -0.05) is 12.1 Å². The van der Waals surface area contributed by atoms with E-state index in [4.69, 9.17) is 0 Å². The molecule has 1 aliphatic rings. The number of benzene rings is 1. The Hall–Kier alpha value is -2.81. The maximum Gasteiger partial charge on any atom is 0.387 e. The summed E-state index contributed by atoms with van der Waals surface area (Å²) in [5.74, 6) is 0.403. The minimum Gasteiger partial charge on any atom is -0.433 e. The Morgan fingerprint density at radius 2 is 1.85 bits per heavy atom. The molecule has 0 bridgehead atoms. The number of hydrogen-bond donors (Lipinski definition) is 2. The average Bonchev–Trinajstić information content (AvgIpc) is 2.69. The van der Waals surface area contributed by atoms with Gasteiger partial charge in [-0.05, 0) is 25.1 Å². The van der Waals surface area contributed by atoms with Crippen molar-refractivity contribution in [1.29, 1.82) is 0 Å². The minimum absolute atomic E-state index is 0.0471. The molecule has 0 unspecified atom stereocenters. The van der Waals surface area contributed by atoms with Crippen molar-refractivity contribution in [1.82, 2.24) is 9.97 Å². The molecule has 3 rings (SSSR count). The average molecular weight is 378 g/mol. The molecule has 2 heterocycles. The summed E-state index contributed by atoms with van der Waals surface area (Å²) >= 11 is 0. The quantitative estimate of drug-likeness (QED) is 0.779. The number of alkyl halides is 2. The molecule has 7 nitrogen and oxygen atoms in total. The number of halogens is 2. The van der Waals surface area contributed by atoms with Crippen molar-refractivity contribution in [2.24, 2.45) is 0 Å². The highest BCUT2D eigenvalue weighted by Gasteiger charge is 2.30. The standard InChI is InChI=1S/C18H21F2N5O2/c1-13(16(26)23-14-5-2-3-6-15(14)27-17(19)20)24-9-11-25(12-10-24)18-21-7-4-8-22-18/h2-8,13,17H,9-12H2,1H3,(H,23,26)/p+1/t13-/m0/s1. The van der Waals surface area contributed by atoms with E-state index in [1.165, 1.54) is 6.07 Å². The van der Waals surface area contributed by atoms with E-state index in [0.717, 1.165) is 31.1 Å². The van der Waals surface area contributed by atoms with Crippen molar-refractivity contribution in [3.63, 3.8) is 0 Å². The van der Waals surface area contributed by atoms with Crippen molar-refractivity contribution in [3.8, 4) is 5.75 Å². The van der Waals surface area contributed by atoms with Crippen LogP contribution < -0.4 is 19.9 Å². The van der Waals surface area contributed by atoms with E-state index in [-0.39, 0.29) is 23.4 Å². The molecule has 1 aromatic carbocycles. The summed E-state index contributed by atoms with van der Waals surface area (Å²) in [6.45, 7) is 1.86. The minimum atomic E-state index is -2.95. The summed E-state index contributed by atoms with van der Waals surface area (Å²) in [5, 5.41) is 2.70. The van der Waals surface area contributed by atoms with Crippen LogP contribution in [0, 0.1) is 0 Å². The van der Waals surface area contributed by atoms with Gasteiger partial charge < -0.3 is 19.9 Å². The van der Waals surface area contributed by atoms with Crippen molar-refractivity contribution >= 4 is 17.5 Å². The number of piperazine rings is 1. The zero-order valence-corrected chi connectivity index (χ0v) is 14.9. The number of para-hydroxylation sites is 2. The predicted octanol–water partition coefficient (Wildman–Crippen LogP) is 0.810. The number of quaternary nitrogens is 1. The zero-order valence-electron chi connectivity index (χ0n) is 14.9. The number of anilines is 2. The van der Waals surface area contributed by atoms with E-state index in [2.05, 4.69) is 24.9 Å². The fourth-order valence-corrected chi connectivity index (χ4v) is 3.08. The van der Waals surface area contributed by atoms with Gasteiger partial charge in [0.05, 0.1) is 31.9 Å². The van der Waals surface area contributed by atoms with Gasteiger partial charge in [0.1, 0.15) is 5.75 Å². The predicted molar refractivity (Wildman–Crippen MR) is 96.1 cm³/mol. The summed E-state index contributed by atoms with van der Waals surface area (Å²) in [6, 6.07) is 7.62. The van der Waals surface area contributed by atoms with Crippen LogP contribution >= 0.6 is 0 Å². The molecule has 1 aliphatic heterocycles. The van der Waals surface area contributed by atoms with Gasteiger partial charge in [0.25, 0.3) is 5.91 Å². The monoisotopic (exact) mass is 378 g/mol. The Labute approximate surface area is 156 Å². The zero-order chi connectivity index (χ0) is 19.2. The van der Waals surface area contributed by atoms with E-state index in [1.54, 1.807) is 36.7 Å². The number of carbonyl (C=O) groups is 1. The third-order valence-corrected chi connectivity index (χ3v) is 4.61. The molecule has 0 aliphatic carbocycles. The Kier molecular flexibility index (Phi) is 6.12. The fraction of sp³-hybridized carbons (Fsp3) is 0.389. The van der Waals surface area contributed by atoms with Crippen LogP contribution in [0.15, 0.2) is 42.7 Å². The number of nitrogens with zero attached hydrogens (tertiary/aromatic N) is 3. The first-order chi connectivity index (χ1) is 13.0. The topological polar surface area (TPSA) is 71.8 Å². The molecule has 1 atom stereocenters. The molecule has 0 spiro atoms. The lowest BCUT2D eigenvalue weighted by Gasteiger charge is -2.34. The number of amides is 1. The smallest absolute Gasteiger partial charge is 0.387 e. The summed E-state index contributed by atoms with van der Waals surface area (Å²) in [4.78, 5) is 24.3. The number of aromatic nitrogens is 2. The van der Waals surface area contributed by atoms with Crippen molar-refractivity contribution in [2.75, 3.05) is 36.4 Å². The summed E-state index contributed by atoms with van der Waals surface area (Å²) in [6.07, 6.45) is 3.41. The van der Waals surface area contributed by atoms with Gasteiger partial charge in [-0.2, -0.15) is 8.78 Å². The van der Waals surface area contributed by atoms with E-state index >= 15 is 0 Å². The molecule has 27 heavy (non-hydrogen) atoms. The SMILES string of the molecule is C[C@@H](C(=O)Nc1ccccc1OC(F)F)[NH+]1CCN(c2ncccn2)CC1. The first kappa shape index (κ1) is 19.0. The molecule has 0 radical (unpaired) electrons. The highest BCUT2D eigenvalue weighted by molar-refractivity contribution is 5.94. The Bertz CT molecular complexity index is 754.